The molecular formula is C12H19ClN2O2. The first-order valence-corrected chi connectivity index (χ1v) is 5.28. The van der Waals surface area contributed by atoms with E-state index in [2.05, 4.69) is 5.32 Å². The molecule has 0 saturated carbocycles. The second-order valence-corrected chi connectivity index (χ2v) is 3.96. The number of hydrogen-bond donors (Lipinski definition) is 3. The Labute approximate surface area is 108 Å². The molecule has 4 N–H and O–H groups in total. The Morgan fingerprint density at radius 3 is 2.41 bits per heavy atom. The van der Waals surface area contributed by atoms with Crippen LogP contribution in [0.4, 0.5) is 0 Å². The standard InChI is InChI=1S/C12H18N2O2.ClH/c1-8-3-5-10(6-4-8)11(15)7-14-12(16)9(2)13;/h3-6,9,11,15H,7,13H2,1-2H3,(H,14,16);1H/t9-,11?;/m0./s1. The molecule has 0 bridgehead atoms. The molecule has 0 fully saturated rings. The third kappa shape index (κ3) is 5.17. The van der Waals surface area contributed by atoms with Crippen LogP contribution in [0.3, 0.4) is 0 Å². The Morgan fingerprint density at radius 1 is 1.41 bits per heavy atom. The zero-order valence-corrected chi connectivity index (χ0v) is 10.8. The van der Waals surface area contributed by atoms with Crippen LogP contribution in [-0.2, 0) is 4.79 Å². The molecule has 5 heteroatoms. The highest BCUT2D eigenvalue weighted by atomic mass is 35.5. The Bertz CT molecular complexity index is 352. The minimum Gasteiger partial charge on any atom is -0.387 e. The summed E-state index contributed by atoms with van der Waals surface area (Å²) in [5.74, 6) is -0.258. The molecule has 0 aliphatic rings. The fourth-order valence-corrected chi connectivity index (χ4v) is 1.26. The number of halogens is 1. The third-order valence-electron chi connectivity index (χ3n) is 2.35. The average Bonchev–Trinajstić information content (AvgIpc) is 2.26. The van der Waals surface area contributed by atoms with E-state index >= 15 is 0 Å². The number of aliphatic hydroxyl groups excluding tert-OH is 1. The van der Waals surface area contributed by atoms with Gasteiger partial charge >= 0.3 is 0 Å². The summed E-state index contributed by atoms with van der Waals surface area (Å²) in [4.78, 5) is 11.2. The van der Waals surface area contributed by atoms with Gasteiger partial charge in [-0.15, -0.1) is 12.4 Å². The quantitative estimate of drug-likeness (QED) is 0.752. The van der Waals surface area contributed by atoms with Gasteiger partial charge < -0.3 is 16.2 Å². The van der Waals surface area contributed by atoms with Gasteiger partial charge in [-0.25, -0.2) is 0 Å². The lowest BCUT2D eigenvalue weighted by atomic mass is 10.1. The molecule has 4 nitrogen and oxygen atoms in total. The topological polar surface area (TPSA) is 75.3 Å². The minimum absolute atomic E-state index is 0. The average molecular weight is 259 g/mol. The van der Waals surface area contributed by atoms with E-state index in [0.29, 0.717) is 0 Å². The molecule has 0 aliphatic heterocycles. The Hall–Kier alpha value is -1.10. The van der Waals surface area contributed by atoms with Crippen LogP contribution in [-0.4, -0.2) is 23.6 Å². The summed E-state index contributed by atoms with van der Waals surface area (Å²) in [5, 5.41) is 12.4. The van der Waals surface area contributed by atoms with Crippen LogP contribution in [0.1, 0.15) is 24.2 Å². The van der Waals surface area contributed by atoms with Gasteiger partial charge in [0.25, 0.3) is 0 Å². The van der Waals surface area contributed by atoms with Gasteiger partial charge in [0, 0.05) is 6.54 Å². The van der Waals surface area contributed by atoms with Crippen molar-refractivity contribution in [3.05, 3.63) is 35.4 Å². The molecular weight excluding hydrogens is 240 g/mol. The highest BCUT2D eigenvalue weighted by Gasteiger charge is 2.11. The molecule has 0 spiro atoms. The predicted octanol–water partition coefficient (Wildman–Crippen LogP) is 0.914. The van der Waals surface area contributed by atoms with Crippen molar-refractivity contribution in [3.63, 3.8) is 0 Å². The van der Waals surface area contributed by atoms with Crippen molar-refractivity contribution in [2.75, 3.05) is 6.54 Å². The predicted molar refractivity (Wildman–Crippen MR) is 70.0 cm³/mol. The lowest BCUT2D eigenvalue weighted by Crippen LogP contribution is -2.40. The largest absolute Gasteiger partial charge is 0.387 e. The Morgan fingerprint density at radius 2 is 1.94 bits per heavy atom. The number of amides is 1. The monoisotopic (exact) mass is 258 g/mol. The molecule has 0 radical (unpaired) electrons. The maximum Gasteiger partial charge on any atom is 0.236 e. The molecule has 96 valence electrons. The molecule has 1 amide bonds. The first-order chi connectivity index (χ1) is 7.50. The maximum absolute atomic E-state index is 11.2. The van der Waals surface area contributed by atoms with Crippen molar-refractivity contribution < 1.29 is 9.90 Å². The Kier molecular flexibility index (Phi) is 6.80. The van der Waals surface area contributed by atoms with Crippen molar-refractivity contribution in [2.24, 2.45) is 5.73 Å². The number of aryl methyl sites for hydroxylation is 1. The fourth-order valence-electron chi connectivity index (χ4n) is 1.26. The van der Waals surface area contributed by atoms with Crippen LogP contribution in [0.15, 0.2) is 24.3 Å². The second kappa shape index (κ2) is 7.27. The summed E-state index contributed by atoms with van der Waals surface area (Å²) in [6.45, 7) is 3.77. The summed E-state index contributed by atoms with van der Waals surface area (Å²) in [7, 11) is 0. The molecule has 0 aliphatic carbocycles. The zero-order chi connectivity index (χ0) is 12.1. The number of rotatable bonds is 4. The molecule has 17 heavy (non-hydrogen) atoms. The van der Waals surface area contributed by atoms with E-state index in [4.69, 9.17) is 5.73 Å². The van der Waals surface area contributed by atoms with Crippen LogP contribution >= 0.6 is 12.4 Å². The smallest absolute Gasteiger partial charge is 0.236 e. The van der Waals surface area contributed by atoms with Gasteiger partial charge in [-0.3, -0.25) is 4.79 Å². The molecule has 0 aromatic heterocycles. The van der Waals surface area contributed by atoms with Crippen molar-refractivity contribution in [2.45, 2.75) is 26.0 Å². The van der Waals surface area contributed by atoms with Gasteiger partial charge in [0.2, 0.25) is 5.91 Å². The van der Waals surface area contributed by atoms with Gasteiger partial charge in [-0.05, 0) is 19.4 Å². The van der Waals surface area contributed by atoms with E-state index in [1.54, 1.807) is 6.92 Å². The number of benzene rings is 1. The lowest BCUT2D eigenvalue weighted by Gasteiger charge is -2.13. The molecule has 2 atom stereocenters. The van der Waals surface area contributed by atoms with Crippen molar-refractivity contribution in [1.82, 2.24) is 5.32 Å². The highest BCUT2D eigenvalue weighted by molar-refractivity contribution is 5.85. The molecule has 1 rings (SSSR count). The summed E-state index contributed by atoms with van der Waals surface area (Å²) in [6.07, 6.45) is -0.691. The van der Waals surface area contributed by atoms with E-state index in [9.17, 15) is 9.90 Å². The van der Waals surface area contributed by atoms with Crippen LogP contribution in [0, 0.1) is 6.92 Å². The van der Waals surface area contributed by atoms with Crippen LogP contribution in [0.5, 0.6) is 0 Å². The number of aliphatic hydroxyl groups is 1. The zero-order valence-electron chi connectivity index (χ0n) is 10.0. The number of hydrogen-bond acceptors (Lipinski definition) is 3. The number of carbonyl (C=O) groups is 1. The van der Waals surface area contributed by atoms with Crippen LogP contribution in [0.25, 0.3) is 0 Å². The van der Waals surface area contributed by atoms with E-state index in [1.807, 2.05) is 31.2 Å². The van der Waals surface area contributed by atoms with Gasteiger partial charge in [0.05, 0.1) is 12.1 Å². The fraction of sp³-hybridized carbons (Fsp3) is 0.417. The Balaban J connectivity index is 0.00000256. The van der Waals surface area contributed by atoms with Gasteiger partial charge in [0.1, 0.15) is 0 Å². The second-order valence-electron chi connectivity index (χ2n) is 3.96. The highest BCUT2D eigenvalue weighted by Crippen LogP contribution is 2.12. The molecule has 1 unspecified atom stereocenters. The molecule has 1 aromatic carbocycles. The van der Waals surface area contributed by atoms with Crippen LogP contribution < -0.4 is 11.1 Å². The van der Waals surface area contributed by atoms with E-state index < -0.39 is 12.1 Å². The van der Waals surface area contributed by atoms with E-state index in [1.165, 1.54) is 0 Å². The minimum atomic E-state index is -0.691. The molecule has 0 heterocycles. The third-order valence-corrected chi connectivity index (χ3v) is 2.35. The molecule has 0 saturated heterocycles. The number of carbonyl (C=O) groups excluding carboxylic acids is 1. The summed E-state index contributed by atoms with van der Waals surface area (Å²) in [5.41, 5.74) is 7.31. The number of nitrogens with two attached hydrogens (primary N) is 1. The summed E-state index contributed by atoms with van der Waals surface area (Å²) in [6, 6.07) is 6.98. The number of nitrogens with one attached hydrogen (secondary N) is 1. The summed E-state index contributed by atoms with van der Waals surface area (Å²) >= 11 is 0. The van der Waals surface area contributed by atoms with E-state index in [0.717, 1.165) is 11.1 Å². The van der Waals surface area contributed by atoms with Crippen molar-refractivity contribution >= 4 is 18.3 Å². The SMILES string of the molecule is Cc1ccc(C(O)CNC(=O)[C@H](C)N)cc1.Cl. The maximum atomic E-state index is 11.2. The van der Waals surface area contributed by atoms with Crippen molar-refractivity contribution in [1.29, 1.82) is 0 Å². The molecule has 1 aromatic rings. The van der Waals surface area contributed by atoms with Gasteiger partial charge in [0.15, 0.2) is 0 Å². The first-order valence-electron chi connectivity index (χ1n) is 5.28. The van der Waals surface area contributed by atoms with Gasteiger partial charge in [-0.1, -0.05) is 29.8 Å². The van der Waals surface area contributed by atoms with E-state index in [-0.39, 0.29) is 24.9 Å². The lowest BCUT2D eigenvalue weighted by molar-refractivity contribution is -0.122. The van der Waals surface area contributed by atoms with Gasteiger partial charge in [-0.2, -0.15) is 0 Å². The van der Waals surface area contributed by atoms with Crippen molar-refractivity contribution in [3.8, 4) is 0 Å². The summed E-state index contributed by atoms with van der Waals surface area (Å²) < 4.78 is 0. The normalized spacial score (nSPS) is 13.4. The first kappa shape index (κ1) is 15.9. The van der Waals surface area contributed by atoms with Crippen LogP contribution in [0.2, 0.25) is 0 Å².